The Morgan fingerprint density at radius 3 is 2.58 bits per heavy atom. The number of carbonyl (C=O) groups is 1. The van der Waals surface area contributed by atoms with Crippen molar-refractivity contribution < 1.29 is 9.21 Å². The molecule has 2 fully saturated rings. The number of hydrogen-bond acceptors (Lipinski definition) is 6. The first kappa shape index (κ1) is 22.7. The summed E-state index contributed by atoms with van der Waals surface area (Å²) in [6.45, 7) is 3.59. The monoisotopic (exact) mass is 482 g/mol. The molecule has 8 heteroatoms. The molecule has 184 valence electrons. The summed E-state index contributed by atoms with van der Waals surface area (Å²) >= 11 is 0. The number of rotatable bonds is 8. The minimum atomic E-state index is -0.0792. The highest BCUT2D eigenvalue weighted by molar-refractivity contribution is 5.95. The third-order valence-electron chi connectivity index (χ3n) is 7.19. The second-order valence-electron chi connectivity index (χ2n) is 9.63. The molecule has 0 spiro atoms. The van der Waals surface area contributed by atoms with Gasteiger partial charge >= 0.3 is 0 Å². The van der Waals surface area contributed by atoms with Crippen molar-refractivity contribution in [2.45, 2.75) is 37.5 Å². The van der Waals surface area contributed by atoms with Gasteiger partial charge < -0.3 is 14.6 Å². The Labute approximate surface area is 210 Å². The van der Waals surface area contributed by atoms with Crippen LogP contribution in [0.15, 0.2) is 71.6 Å². The van der Waals surface area contributed by atoms with E-state index in [2.05, 4.69) is 55.6 Å². The van der Waals surface area contributed by atoms with Crippen molar-refractivity contribution in [2.24, 2.45) is 0 Å². The Balaban J connectivity index is 1.09. The maximum absolute atomic E-state index is 13.1. The number of aromatic nitrogens is 4. The third-order valence-corrected chi connectivity index (χ3v) is 7.19. The first-order valence-electron chi connectivity index (χ1n) is 12.8. The molecule has 36 heavy (non-hydrogen) atoms. The van der Waals surface area contributed by atoms with Gasteiger partial charge in [0.25, 0.3) is 11.9 Å². The molecule has 0 unspecified atom stereocenters. The third kappa shape index (κ3) is 4.81. The zero-order valence-electron chi connectivity index (χ0n) is 20.2. The Morgan fingerprint density at radius 1 is 1.00 bits per heavy atom. The van der Waals surface area contributed by atoms with Crippen LogP contribution in [-0.2, 0) is 0 Å². The highest BCUT2D eigenvalue weighted by Crippen LogP contribution is 2.42. The van der Waals surface area contributed by atoms with E-state index < -0.39 is 0 Å². The fraction of sp³-hybridized carbons (Fsp3) is 0.357. The molecule has 1 aromatic carbocycles. The smallest absolute Gasteiger partial charge is 0.254 e. The molecule has 0 atom stereocenters. The van der Waals surface area contributed by atoms with Crippen molar-refractivity contribution in [1.29, 1.82) is 0 Å². The highest BCUT2D eigenvalue weighted by atomic mass is 16.3. The summed E-state index contributed by atoms with van der Waals surface area (Å²) in [6, 6.07) is 16.3. The summed E-state index contributed by atoms with van der Waals surface area (Å²) in [5.74, 6) is 1.99. The topological polar surface area (TPSA) is 89.1 Å². The molecule has 1 N–H and O–H groups in total. The van der Waals surface area contributed by atoms with Crippen molar-refractivity contribution in [3.8, 4) is 17.4 Å². The van der Waals surface area contributed by atoms with Gasteiger partial charge in [0.1, 0.15) is 5.69 Å². The van der Waals surface area contributed by atoms with Crippen LogP contribution >= 0.6 is 0 Å². The minimum absolute atomic E-state index is 0.0792. The molecule has 1 aliphatic carbocycles. The minimum Gasteiger partial charge on any atom is -0.463 e. The van der Waals surface area contributed by atoms with Gasteiger partial charge in [0.15, 0.2) is 5.76 Å². The van der Waals surface area contributed by atoms with Crippen LogP contribution in [0, 0.1) is 0 Å². The molecule has 4 aromatic rings. The Morgan fingerprint density at radius 2 is 1.83 bits per heavy atom. The number of piperidine rings is 1. The molecule has 2 aliphatic rings. The Kier molecular flexibility index (Phi) is 6.34. The summed E-state index contributed by atoms with van der Waals surface area (Å²) < 4.78 is 7.19. The molecule has 6 rings (SSSR count). The van der Waals surface area contributed by atoms with Crippen molar-refractivity contribution in [2.75, 3.05) is 26.2 Å². The summed E-state index contributed by atoms with van der Waals surface area (Å²) in [5, 5.41) is 7.64. The van der Waals surface area contributed by atoms with E-state index in [1.54, 1.807) is 29.4 Å². The molecule has 3 aromatic heterocycles. The van der Waals surface area contributed by atoms with Crippen molar-refractivity contribution in [3.63, 3.8) is 0 Å². The van der Waals surface area contributed by atoms with Gasteiger partial charge in [-0.3, -0.25) is 4.79 Å². The lowest BCUT2D eigenvalue weighted by atomic mass is 9.89. The van der Waals surface area contributed by atoms with Gasteiger partial charge in [-0.05, 0) is 68.5 Å². The van der Waals surface area contributed by atoms with Crippen LogP contribution in [0.25, 0.3) is 17.4 Å². The number of nitrogens with one attached hydrogen (secondary N) is 1. The largest absolute Gasteiger partial charge is 0.463 e. The van der Waals surface area contributed by atoms with E-state index in [1.165, 1.54) is 5.56 Å². The molecule has 0 bridgehead atoms. The summed E-state index contributed by atoms with van der Waals surface area (Å²) in [4.78, 5) is 24.6. The number of furan rings is 1. The van der Waals surface area contributed by atoms with Gasteiger partial charge in [-0.1, -0.05) is 30.3 Å². The zero-order valence-corrected chi connectivity index (χ0v) is 20.2. The summed E-state index contributed by atoms with van der Waals surface area (Å²) in [5.41, 5.74) is 3.64. The van der Waals surface area contributed by atoms with Gasteiger partial charge in [0.2, 0.25) is 0 Å². The number of likely N-dealkylation sites (tertiary alicyclic amines) is 1. The maximum atomic E-state index is 13.1. The number of amides is 1. The van der Waals surface area contributed by atoms with Crippen LogP contribution in [0.1, 0.15) is 59.1 Å². The molecular weight excluding hydrogens is 452 g/mol. The van der Waals surface area contributed by atoms with Gasteiger partial charge in [-0.2, -0.15) is 5.10 Å². The van der Waals surface area contributed by atoms with Crippen LogP contribution < -0.4 is 5.32 Å². The van der Waals surface area contributed by atoms with E-state index in [-0.39, 0.29) is 5.91 Å². The van der Waals surface area contributed by atoms with Crippen LogP contribution in [0.4, 0.5) is 0 Å². The van der Waals surface area contributed by atoms with Crippen molar-refractivity contribution in [3.05, 3.63) is 84.0 Å². The molecule has 1 saturated carbocycles. The highest BCUT2D eigenvalue weighted by Gasteiger charge is 2.33. The number of hydrogen-bond donors (Lipinski definition) is 1. The van der Waals surface area contributed by atoms with E-state index in [4.69, 9.17) is 4.42 Å². The molecule has 1 aliphatic heterocycles. The maximum Gasteiger partial charge on any atom is 0.254 e. The lowest BCUT2D eigenvalue weighted by Crippen LogP contribution is -2.39. The number of benzene rings is 1. The number of carbonyl (C=O) groups excluding carboxylic acids is 1. The average molecular weight is 483 g/mol. The first-order valence-corrected chi connectivity index (χ1v) is 12.8. The Bertz CT molecular complexity index is 1310. The quantitative estimate of drug-likeness (QED) is 0.400. The summed E-state index contributed by atoms with van der Waals surface area (Å²) in [7, 11) is 0. The van der Waals surface area contributed by atoms with E-state index in [9.17, 15) is 4.79 Å². The van der Waals surface area contributed by atoms with Gasteiger partial charge in [0, 0.05) is 25.2 Å². The second kappa shape index (κ2) is 10.1. The van der Waals surface area contributed by atoms with Crippen LogP contribution in [-0.4, -0.2) is 56.7 Å². The molecule has 8 nitrogen and oxygen atoms in total. The van der Waals surface area contributed by atoms with Crippen LogP contribution in [0.3, 0.4) is 0 Å². The van der Waals surface area contributed by atoms with E-state index in [0.717, 1.165) is 51.0 Å². The molecule has 4 heterocycles. The van der Waals surface area contributed by atoms with E-state index in [0.29, 0.717) is 41.3 Å². The summed E-state index contributed by atoms with van der Waals surface area (Å²) in [6.07, 6.45) is 9.37. The second-order valence-corrected chi connectivity index (χ2v) is 9.63. The van der Waals surface area contributed by atoms with Gasteiger partial charge in [-0.25, -0.2) is 14.6 Å². The van der Waals surface area contributed by atoms with Crippen LogP contribution in [0.5, 0.6) is 0 Å². The first-order chi connectivity index (χ1) is 17.8. The SMILES string of the molecule is O=C(NCCN1CCC(c2ccccc2)CC1)c1cnn(-c2nccc(-c3ccco3)n2)c1C1CC1. The Hall–Kier alpha value is -3.78. The number of nitrogens with zero attached hydrogens (tertiary/aromatic N) is 5. The van der Waals surface area contributed by atoms with Crippen molar-refractivity contribution >= 4 is 5.91 Å². The fourth-order valence-electron chi connectivity index (χ4n) is 5.09. The predicted octanol–water partition coefficient (Wildman–Crippen LogP) is 4.41. The molecule has 0 radical (unpaired) electrons. The standard InChI is InChI=1S/C28H30N6O2/c35-27(29-14-17-33-15-11-21(12-16-33)20-5-2-1-3-6-20)23-19-31-34(26(23)22-8-9-22)28-30-13-10-24(32-28)25-7-4-18-36-25/h1-7,10,13,18-19,21-22H,8-9,11-12,14-17H2,(H,29,35). The fourth-order valence-corrected chi connectivity index (χ4v) is 5.09. The zero-order chi connectivity index (χ0) is 24.3. The van der Waals surface area contributed by atoms with Crippen LogP contribution in [0.2, 0.25) is 0 Å². The average Bonchev–Trinajstić information content (AvgIpc) is 3.42. The lowest BCUT2D eigenvalue weighted by molar-refractivity contribution is 0.0944. The predicted molar refractivity (Wildman–Crippen MR) is 136 cm³/mol. The van der Waals surface area contributed by atoms with E-state index in [1.807, 2.05) is 12.1 Å². The molecular formula is C28H30N6O2. The molecule has 1 saturated heterocycles. The van der Waals surface area contributed by atoms with Gasteiger partial charge in [0.05, 0.1) is 23.7 Å². The van der Waals surface area contributed by atoms with E-state index >= 15 is 0 Å². The van der Waals surface area contributed by atoms with Crippen molar-refractivity contribution in [1.82, 2.24) is 30.0 Å². The normalized spacial score (nSPS) is 16.8. The molecule has 1 amide bonds. The lowest BCUT2D eigenvalue weighted by Gasteiger charge is -2.32. The van der Waals surface area contributed by atoms with Gasteiger partial charge in [-0.15, -0.1) is 0 Å².